The second-order valence-corrected chi connectivity index (χ2v) is 3.28. The first-order valence-electron chi connectivity index (χ1n) is 5.09. The number of carbonyl (C=O) groups excluding carboxylic acids is 1. The normalized spacial score (nSPS) is 9.76. The van der Waals surface area contributed by atoms with Crippen LogP contribution in [0.1, 0.15) is 23.7 Å². The molecule has 6 heteroatoms. The highest BCUT2D eigenvalue weighted by molar-refractivity contribution is 5.94. The molecule has 0 saturated carbocycles. The van der Waals surface area contributed by atoms with Crippen LogP contribution in [0.15, 0.2) is 18.2 Å². The van der Waals surface area contributed by atoms with Crippen LogP contribution in [0.3, 0.4) is 0 Å². The molecule has 0 amide bonds. The Bertz CT molecular complexity index is 430. The third-order valence-electron chi connectivity index (χ3n) is 2.04. The first-order valence-corrected chi connectivity index (χ1v) is 5.09. The second kappa shape index (κ2) is 5.83. The van der Waals surface area contributed by atoms with Crippen molar-refractivity contribution in [2.24, 2.45) is 0 Å². The van der Waals surface area contributed by atoms with Crippen LogP contribution in [0, 0.1) is 10.1 Å². The monoisotopic (exact) mass is 239 g/mol. The lowest BCUT2D eigenvalue weighted by Gasteiger charge is -2.06. The zero-order valence-electron chi connectivity index (χ0n) is 9.63. The van der Waals surface area contributed by atoms with E-state index in [-0.39, 0.29) is 11.3 Å². The van der Waals surface area contributed by atoms with E-state index in [0.717, 1.165) is 6.42 Å². The van der Waals surface area contributed by atoms with Crippen LogP contribution in [0.5, 0.6) is 5.75 Å². The number of benzene rings is 1. The van der Waals surface area contributed by atoms with Crippen molar-refractivity contribution in [3.05, 3.63) is 33.9 Å². The topological polar surface area (TPSA) is 78.7 Å². The largest absolute Gasteiger partial charge is 0.494 e. The smallest absolute Gasteiger partial charge is 0.345 e. The van der Waals surface area contributed by atoms with Crippen LogP contribution in [-0.2, 0) is 4.74 Å². The molecule has 0 saturated heterocycles. The number of ether oxygens (including phenoxy) is 2. The molecule has 0 aliphatic rings. The minimum Gasteiger partial charge on any atom is -0.494 e. The van der Waals surface area contributed by atoms with Gasteiger partial charge in [-0.3, -0.25) is 10.1 Å². The number of nitro benzene ring substituents is 1. The van der Waals surface area contributed by atoms with E-state index < -0.39 is 10.9 Å². The van der Waals surface area contributed by atoms with Gasteiger partial charge in [-0.25, -0.2) is 4.79 Å². The van der Waals surface area contributed by atoms with Crippen LogP contribution >= 0.6 is 0 Å². The summed E-state index contributed by atoms with van der Waals surface area (Å²) < 4.78 is 9.78. The Kier molecular flexibility index (Phi) is 4.45. The molecule has 0 bridgehead atoms. The van der Waals surface area contributed by atoms with Gasteiger partial charge in [-0.05, 0) is 12.5 Å². The van der Waals surface area contributed by atoms with E-state index in [2.05, 4.69) is 4.74 Å². The highest BCUT2D eigenvalue weighted by atomic mass is 16.6. The molecule has 92 valence electrons. The molecule has 0 radical (unpaired) electrons. The van der Waals surface area contributed by atoms with E-state index in [1.165, 1.54) is 25.3 Å². The number of nitro groups is 1. The first-order chi connectivity index (χ1) is 8.10. The lowest BCUT2D eigenvalue weighted by Crippen LogP contribution is -2.06. The van der Waals surface area contributed by atoms with Crippen molar-refractivity contribution in [3.8, 4) is 5.75 Å². The Morgan fingerprint density at radius 1 is 1.47 bits per heavy atom. The molecule has 1 aromatic rings. The summed E-state index contributed by atoms with van der Waals surface area (Å²) in [6.45, 7) is 2.42. The molecular weight excluding hydrogens is 226 g/mol. The van der Waals surface area contributed by atoms with Gasteiger partial charge in [-0.15, -0.1) is 0 Å². The zero-order chi connectivity index (χ0) is 12.8. The summed E-state index contributed by atoms with van der Waals surface area (Å²) in [4.78, 5) is 21.5. The van der Waals surface area contributed by atoms with Crippen molar-refractivity contribution in [2.45, 2.75) is 13.3 Å². The average molecular weight is 239 g/mol. The third-order valence-corrected chi connectivity index (χ3v) is 2.04. The maximum Gasteiger partial charge on any atom is 0.345 e. The third kappa shape index (κ3) is 3.17. The summed E-state index contributed by atoms with van der Waals surface area (Å²) in [5.74, 6) is -0.337. The summed E-state index contributed by atoms with van der Waals surface area (Å²) in [6, 6.07) is 4.01. The van der Waals surface area contributed by atoms with E-state index in [9.17, 15) is 14.9 Å². The standard InChI is InChI=1S/C11H13NO5/c1-3-6-17-8-4-5-10(12(14)15)9(7-8)11(13)16-2/h4-5,7H,3,6H2,1-2H3. The second-order valence-electron chi connectivity index (χ2n) is 3.28. The number of carbonyl (C=O) groups is 1. The van der Waals surface area contributed by atoms with Gasteiger partial charge in [-0.1, -0.05) is 6.92 Å². The summed E-state index contributed by atoms with van der Waals surface area (Å²) in [6.07, 6.45) is 0.810. The fraction of sp³-hybridized carbons (Fsp3) is 0.364. The van der Waals surface area contributed by atoms with E-state index in [1.807, 2.05) is 6.92 Å². The SMILES string of the molecule is CCCOc1ccc([N+](=O)[O-])c(C(=O)OC)c1. The molecule has 0 aliphatic carbocycles. The van der Waals surface area contributed by atoms with Gasteiger partial charge in [0, 0.05) is 12.1 Å². The predicted molar refractivity (Wildman–Crippen MR) is 60.2 cm³/mol. The fourth-order valence-electron chi connectivity index (χ4n) is 1.26. The molecular formula is C11H13NO5. The Labute approximate surface area is 98.3 Å². The number of methoxy groups -OCH3 is 1. The Hall–Kier alpha value is -2.11. The van der Waals surface area contributed by atoms with Gasteiger partial charge < -0.3 is 9.47 Å². The molecule has 0 spiro atoms. The van der Waals surface area contributed by atoms with Crippen LogP contribution in [0.25, 0.3) is 0 Å². The van der Waals surface area contributed by atoms with Gasteiger partial charge in [0.05, 0.1) is 18.6 Å². The van der Waals surface area contributed by atoms with Crippen molar-refractivity contribution in [1.82, 2.24) is 0 Å². The predicted octanol–water partition coefficient (Wildman–Crippen LogP) is 2.17. The molecule has 0 heterocycles. The minimum absolute atomic E-state index is 0.105. The van der Waals surface area contributed by atoms with Gasteiger partial charge in [-0.2, -0.15) is 0 Å². The molecule has 0 fully saturated rings. The van der Waals surface area contributed by atoms with Gasteiger partial charge >= 0.3 is 5.97 Å². The molecule has 0 N–H and O–H groups in total. The van der Waals surface area contributed by atoms with E-state index in [4.69, 9.17) is 4.74 Å². The zero-order valence-corrected chi connectivity index (χ0v) is 9.63. The first kappa shape index (κ1) is 13.0. The van der Waals surface area contributed by atoms with Crippen LogP contribution in [0.4, 0.5) is 5.69 Å². The number of nitrogens with zero attached hydrogens (tertiary/aromatic N) is 1. The number of esters is 1. The van der Waals surface area contributed by atoms with Crippen molar-refractivity contribution in [3.63, 3.8) is 0 Å². The van der Waals surface area contributed by atoms with E-state index >= 15 is 0 Å². The number of rotatable bonds is 5. The van der Waals surface area contributed by atoms with Crippen molar-refractivity contribution >= 4 is 11.7 Å². The molecule has 17 heavy (non-hydrogen) atoms. The molecule has 0 aliphatic heterocycles. The lowest BCUT2D eigenvalue weighted by molar-refractivity contribution is -0.385. The summed E-state index contributed by atoms with van der Waals surface area (Å²) >= 11 is 0. The van der Waals surface area contributed by atoms with Gasteiger partial charge in [0.1, 0.15) is 11.3 Å². The molecule has 1 aromatic carbocycles. The molecule has 0 atom stereocenters. The average Bonchev–Trinajstić information content (AvgIpc) is 2.34. The van der Waals surface area contributed by atoms with Crippen molar-refractivity contribution < 1.29 is 19.2 Å². The maximum atomic E-state index is 11.4. The Balaban J connectivity index is 3.10. The highest BCUT2D eigenvalue weighted by Gasteiger charge is 2.21. The lowest BCUT2D eigenvalue weighted by atomic mass is 10.1. The van der Waals surface area contributed by atoms with Gasteiger partial charge in [0.25, 0.3) is 5.69 Å². The van der Waals surface area contributed by atoms with Crippen LogP contribution in [0.2, 0.25) is 0 Å². The Morgan fingerprint density at radius 2 is 2.18 bits per heavy atom. The number of hydrogen-bond donors (Lipinski definition) is 0. The summed E-state index contributed by atoms with van der Waals surface area (Å²) in [5.41, 5.74) is -0.396. The Morgan fingerprint density at radius 3 is 2.71 bits per heavy atom. The molecule has 0 aromatic heterocycles. The van der Waals surface area contributed by atoms with Crippen molar-refractivity contribution in [2.75, 3.05) is 13.7 Å². The maximum absolute atomic E-state index is 11.4. The highest BCUT2D eigenvalue weighted by Crippen LogP contribution is 2.24. The summed E-state index contributed by atoms with van der Waals surface area (Å²) in [5, 5.41) is 10.7. The van der Waals surface area contributed by atoms with E-state index in [0.29, 0.717) is 12.4 Å². The summed E-state index contributed by atoms with van der Waals surface area (Å²) in [7, 11) is 1.17. The molecule has 6 nitrogen and oxygen atoms in total. The molecule has 1 rings (SSSR count). The van der Waals surface area contributed by atoms with Crippen molar-refractivity contribution in [1.29, 1.82) is 0 Å². The van der Waals surface area contributed by atoms with Crippen LogP contribution in [-0.4, -0.2) is 24.6 Å². The molecule has 0 unspecified atom stereocenters. The van der Waals surface area contributed by atoms with E-state index in [1.54, 1.807) is 0 Å². The number of hydrogen-bond acceptors (Lipinski definition) is 5. The quantitative estimate of drug-likeness (QED) is 0.447. The fourth-order valence-corrected chi connectivity index (χ4v) is 1.26. The van der Waals surface area contributed by atoms with Crippen LogP contribution < -0.4 is 4.74 Å². The van der Waals surface area contributed by atoms with Gasteiger partial charge in [0.15, 0.2) is 0 Å². The minimum atomic E-state index is -0.751. The van der Waals surface area contributed by atoms with Gasteiger partial charge in [0.2, 0.25) is 0 Å².